The summed E-state index contributed by atoms with van der Waals surface area (Å²) >= 11 is 0. The highest BCUT2D eigenvalue weighted by Gasteiger charge is 2.25. The average Bonchev–Trinajstić information content (AvgIpc) is 2.57. The van der Waals surface area contributed by atoms with Gasteiger partial charge in [0.1, 0.15) is 0 Å². The van der Waals surface area contributed by atoms with E-state index in [2.05, 4.69) is 16.7 Å². The molecule has 1 unspecified atom stereocenters. The molecule has 0 aliphatic carbocycles. The lowest BCUT2D eigenvalue weighted by atomic mass is 10.1. The van der Waals surface area contributed by atoms with E-state index in [1.807, 2.05) is 0 Å². The Hall–Kier alpha value is -0.610. The Bertz CT molecular complexity index is 274. The number of amides is 1. The maximum Gasteiger partial charge on any atom is 0.236 e. The fourth-order valence-electron chi connectivity index (χ4n) is 3.04. The molecule has 1 atom stereocenters. The molecular formula is C14H27N3O. The van der Waals surface area contributed by atoms with Crippen LogP contribution in [0.1, 0.15) is 45.4 Å². The van der Waals surface area contributed by atoms with E-state index in [1.54, 1.807) is 0 Å². The quantitative estimate of drug-likeness (QED) is 0.804. The van der Waals surface area contributed by atoms with E-state index in [4.69, 9.17) is 5.73 Å². The molecule has 0 spiro atoms. The lowest BCUT2D eigenvalue weighted by molar-refractivity contribution is -0.134. The summed E-state index contributed by atoms with van der Waals surface area (Å²) in [6, 6.07) is 0.764. The molecule has 2 aliphatic heterocycles. The average molecular weight is 253 g/mol. The predicted octanol–water partition coefficient (Wildman–Crippen LogP) is 1.20. The highest BCUT2D eigenvalue weighted by Crippen LogP contribution is 2.17. The third-order valence-corrected chi connectivity index (χ3v) is 4.36. The second-order valence-electron chi connectivity index (χ2n) is 5.90. The normalized spacial score (nSPS) is 28.1. The summed E-state index contributed by atoms with van der Waals surface area (Å²) in [5.74, 6) is 0.319. The van der Waals surface area contributed by atoms with Gasteiger partial charge in [0.25, 0.3) is 0 Å². The van der Waals surface area contributed by atoms with Crippen LogP contribution in [0.5, 0.6) is 0 Å². The van der Waals surface area contributed by atoms with Crippen molar-refractivity contribution in [3.8, 4) is 0 Å². The van der Waals surface area contributed by atoms with E-state index in [0.29, 0.717) is 24.5 Å². The minimum Gasteiger partial charge on any atom is -0.339 e. The van der Waals surface area contributed by atoms with Crippen LogP contribution in [-0.4, -0.2) is 54.0 Å². The molecule has 18 heavy (non-hydrogen) atoms. The SMILES string of the molecule is CC1CCCCCN1C(=O)CN1CCC(N)CC1. The summed E-state index contributed by atoms with van der Waals surface area (Å²) in [5.41, 5.74) is 5.89. The van der Waals surface area contributed by atoms with E-state index in [-0.39, 0.29) is 0 Å². The van der Waals surface area contributed by atoms with Crippen LogP contribution in [0, 0.1) is 0 Å². The van der Waals surface area contributed by atoms with Crippen molar-refractivity contribution in [1.82, 2.24) is 9.80 Å². The molecule has 0 bridgehead atoms. The molecule has 4 heteroatoms. The second-order valence-corrected chi connectivity index (χ2v) is 5.90. The van der Waals surface area contributed by atoms with Gasteiger partial charge in [-0.05, 0) is 32.6 Å². The third-order valence-electron chi connectivity index (χ3n) is 4.36. The maximum absolute atomic E-state index is 12.4. The Morgan fingerprint density at radius 1 is 1.11 bits per heavy atom. The number of likely N-dealkylation sites (tertiary alicyclic amines) is 2. The number of carbonyl (C=O) groups excluding carboxylic acids is 1. The number of hydrogen-bond acceptors (Lipinski definition) is 3. The smallest absolute Gasteiger partial charge is 0.236 e. The van der Waals surface area contributed by atoms with E-state index in [0.717, 1.165) is 38.9 Å². The number of nitrogens with two attached hydrogens (primary N) is 1. The number of hydrogen-bond donors (Lipinski definition) is 1. The summed E-state index contributed by atoms with van der Waals surface area (Å²) in [4.78, 5) is 16.7. The van der Waals surface area contributed by atoms with Gasteiger partial charge < -0.3 is 10.6 Å². The van der Waals surface area contributed by atoms with Gasteiger partial charge in [0.15, 0.2) is 0 Å². The van der Waals surface area contributed by atoms with Gasteiger partial charge >= 0.3 is 0 Å². The lowest BCUT2D eigenvalue weighted by Crippen LogP contribution is -2.47. The van der Waals surface area contributed by atoms with Crippen molar-refractivity contribution < 1.29 is 4.79 Å². The maximum atomic E-state index is 12.4. The summed E-state index contributed by atoms with van der Waals surface area (Å²) in [5, 5.41) is 0. The molecule has 0 aromatic carbocycles. The largest absolute Gasteiger partial charge is 0.339 e. The van der Waals surface area contributed by atoms with Crippen LogP contribution in [0.3, 0.4) is 0 Å². The Kier molecular flexibility index (Phi) is 5.01. The zero-order valence-corrected chi connectivity index (χ0v) is 11.6. The molecule has 0 aromatic rings. The van der Waals surface area contributed by atoms with Crippen LogP contribution >= 0.6 is 0 Å². The fourth-order valence-corrected chi connectivity index (χ4v) is 3.04. The van der Waals surface area contributed by atoms with Crippen LogP contribution < -0.4 is 5.73 Å². The molecule has 2 aliphatic rings. The van der Waals surface area contributed by atoms with E-state index < -0.39 is 0 Å². The molecule has 104 valence electrons. The Morgan fingerprint density at radius 3 is 2.56 bits per heavy atom. The molecule has 1 amide bonds. The molecule has 2 saturated heterocycles. The Balaban J connectivity index is 1.82. The lowest BCUT2D eigenvalue weighted by Gasteiger charge is -2.33. The second kappa shape index (κ2) is 6.53. The highest BCUT2D eigenvalue weighted by molar-refractivity contribution is 5.78. The van der Waals surface area contributed by atoms with Gasteiger partial charge in [-0.15, -0.1) is 0 Å². The number of piperidine rings is 1. The molecule has 0 aromatic heterocycles. The van der Waals surface area contributed by atoms with Gasteiger partial charge in [-0.1, -0.05) is 12.8 Å². The van der Waals surface area contributed by atoms with Crippen LogP contribution in [-0.2, 0) is 4.79 Å². The van der Waals surface area contributed by atoms with Crippen LogP contribution in [0.15, 0.2) is 0 Å². The van der Waals surface area contributed by atoms with Crippen LogP contribution in [0.25, 0.3) is 0 Å². The van der Waals surface area contributed by atoms with Gasteiger partial charge in [-0.25, -0.2) is 0 Å². The van der Waals surface area contributed by atoms with E-state index in [1.165, 1.54) is 19.3 Å². The first-order valence-electron chi connectivity index (χ1n) is 7.44. The first-order valence-corrected chi connectivity index (χ1v) is 7.44. The standard InChI is InChI=1S/C14H27N3O/c1-12-5-3-2-4-8-17(12)14(18)11-16-9-6-13(15)7-10-16/h12-13H,2-11,15H2,1H3. The predicted molar refractivity (Wildman–Crippen MR) is 73.3 cm³/mol. The van der Waals surface area contributed by atoms with Gasteiger partial charge in [0, 0.05) is 31.7 Å². The van der Waals surface area contributed by atoms with Crippen molar-refractivity contribution in [2.24, 2.45) is 5.73 Å². The molecule has 4 nitrogen and oxygen atoms in total. The minimum atomic E-state index is 0.319. The third kappa shape index (κ3) is 3.69. The molecule has 0 saturated carbocycles. The van der Waals surface area contributed by atoms with Crippen LogP contribution in [0.4, 0.5) is 0 Å². The monoisotopic (exact) mass is 253 g/mol. The van der Waals surface area contributed by atoms with Crippen molar-refractivity contribution >= 4 is 5.91 Å². The summed E-state index contributed by atoms with van der Waals surface area (Å²) < 4.78 is 0. The topological polar surface area (TPSA) is 49.6 Å². The molecule has 2 rings (SSSR count). The van der Waals surface area contributed by atoms with Crippen LogP contribution in [0.2, 0.25) is 0 Å². The highest BCUT2D eigenvalue weighted by atomic mass is 16.2. The van der Waals surface area contributed by atoms with Crippen molar-refractivity contribution in [2.45, 2.75) is 57.5 Å². The van der Waals surface area contributed by atoms with E-state index in [9.17, 15) is 4.79 Å². The van der Waals surface area contributed by atoms with Crippen molar-refractivity contribution in [3.05, 3.63) is 0 Å². The van der Waals surface area contributed by atoms with Crippen molar-refractivity contribution in [3.63, 3.8) is 0 Å². The fraction of sp³-hybridized carbons (Fsp3) is 0.929. The molecule has 2 fully saturated rings. The molecular weight excluding hydrogens is 226 g/mol. The van der Waals surface area contributed by atoms with Gasteiger partial charge in [0.2, 0.25) is 5.91 Å². The summed E-state index contributed by atoms with van der Waals surface area (Å²) in [7, 11) is 0. The van der Waals surface area contributed by atoms with Gasteiger partial charge in [0.05, 0.1) is 6.54 Å². The Labute approximate surface area is 110 Å². The summed E-state index contributed by atoms with van der Waals surface area (Å²) in [6.07, 6.45) is 6.93. The number of nitrogens with zero attached hydrogens (tertiary/aromatic N) is 2. The van der Waals surface area contributed by atoms with E-state index >= 15 is 0 Å². The van der Waals surface area contributed by atoms with Crippen molar-refractivity contribution in [2.75, 3.05) is 26.2 Å². The van der Waals surface area contributed by atoms with Gasteiger partial charge in [-0.2, -0.15) is 0 Å². The molecule has 2 heterocycles. The molecule has 0 radical (unpaired) electrons. The number of carbonyl (C=O) groups is 1. The zero-order chi connectivity index (χ0) is 13.0. The Morgan fingerprint density at radius 2 is 1.83 bits per heavy atom. The first-order chi connectivity index (χ1) is 8.66. The zero-order valence-electron chi connectivity index (χ0n) is 11.6. The first kappa shape index (κ1) is 13.8. The number of rotatable bonds is 2. The van der Waals surface area contributed by atoms with Crippen molar-refractivity contribution in [1.29, 1.82) is 0 Å². The summed E-state index contributed by atoms with van der Waals surface area (Å²) in [6.45, 7) is 5.70. The molecule has 2 N–H and O–H groups in total. The van der Waals surface area contributed by atoms with Gasteiger partial charge in [-0.3, -0.25) is 9.69 Å². The minimum absolute atomic E-state index is 0.319.